The molecular formula is C10H19NO5. The van der Waals surface area contributed by atoms with Crippen LogP contribution < -0.4 is 5.73 Å². The number of hydrogen-bond donors (Lipinski definition) is 3. The Kier molecular flexibility index (Phi) is 6.87. The molecular weight excluding hydrogens is 214 g/mol. The molecule has 0 bridgehead atoms. The van der Waals surface area contributed by atoms with Crippen LogP contribution in [-0.2, 0) is 14.3 Å². The maximum Gasteiger partial charge on any atom is 0.223 e. The summed E-state index contributed by atoms with van der Waals surface area (Å²) in [5.41, 5.74) is 5.17. The number of rotatable bonds is 8. The van der Waals surface area contributed by atoms with Gasteiger partial charge in [0.2, 0.25) is 12.2 Å². The quantitative estimate of drug-likeness (QED) is 0.374. The molecule has 0 fully saturated rings. The molecule has 2 unspecified atom stereocenters. The zero-order chi connectivity index (χ0) is 12.7. The average Bonchev–Trinajstić information content (AvgIpc) is 2.16. The van der Waals surface area contributed by atoms with Gasteiger partial charge in [-0.05, 0) is 13.3 Å². The molecule has 4 atom stereocenters. The molecule has 16 heavy (non-hydrogen) atoms. The molecule has 0 aromatic carbocycles. The van der Waals surface area contributed by atoms with Crippen LogP contribution in [0.1, 0.15) is 26.7 Å². The first-order valence-corrected chi connectivity index (χ1v) is 5.18. The highest BCUT2D eigenvalue weighted by atomic mass is 16.6. The minimum atomic E-state index is -1.60. The maximum atomic E-state index is 11.1. The lowest BCUT2D eigenvalue weighted by molar-refractivity contribution is -0.169. The Bertz CT molecular complexity index is 231. The summed E-state index contributed by atoms with van der Waals surface area (Å²) >= 11 is 0. The van der Waals surface area contributed by atoms with Crippen molar-refractivity contribution in [2.24, 2.45) is 11.7 Å². The Morgan fingerprint density at radius 3 is 2.38 bits per heavy atom. The molecule has 0 saturated heterocycles. The lowest BCUT2D eigenvalue weighted by atomic mass is 9.94. The minimum Gasteiger partial charge on any atom is -0.393 e. The van der Waals surface area contributed by atoms with Gasteiger partial charge in [-0.2, -0.15) is 0 Å². The second-order valence-corrected chi connectivity index (χ2v) is 3.70. The van der Waals surface area contributed by atoms with Crippen molar-refractivity contribution in [3.05, 3.63) is 0 Å². The second-order valence-electron chi connectivity index (χ2n) is 3.70. The van der Waals surface area contributed by atoms with Gasteiger partial charge in [0.05, 0.1) is 18.1 Å². The van der Waals surface area contributed by atoms with E-state index in [4.69, 9.17) is 15.6 Å². The number of aldehydes is 1. The smallest absolute Gasteiger partial charge is 0.223 e. The third-order valence-corrected chi connectivity index (χ3v) is 2.26. The third-order valence-electron chi connectivity index (χ3n) is 2.26. The maximum absolute atomic E-state index is 11.1. The molecule has 0 heterocycles. The van der Waals surface area contributed by atoms with Gasteiger partial charge in [0.1, 0.15) is 0 Å². The summed E-state index contributed by atoms with van der Waals surface area (Å²) in [6.45, 7) is 3.26. The predicted molar refractivity (Wildman–Crippen MR) is 56.2 cm³/mol. The first-order chi connectivity index (χ1) is 7.42. The topological polar surface area (TPSA) is 110 Å². The van der Waals surface area contributed by atoms with Crippen molar-refractivity contribution in [1.29, 1.82) is 0 Å². The van der Waals surface area contributed by atoms with Crippen LogP contribution >= 0.6 is 0 Å². The first kappa shape index (κ1) is 15.0. The van der Waals surface area contributed by atoms with Crippen molar-refractivity contribution in [1.82, 2.24) is 0 Å². The summed E-state index contributed by atoms with van der Waals surface area (Å²) in [7, 11) is 0. The van der Waals surface area contributed by atoms with E-state index in [1.54, 1.807) is 6.92 Å². The third kappa shape index (κ3) is 5.20. The zero-order valence-electron chi connectivity index (χ0n) is 9.50. The first-order valence-electron chi connectivity index (χ1n) is 5.18. The number of carbonyl (C=O) groups is 2. The van der Waals surface area contributed by atoms with Crippen LogP contribution in [0.5, 0.6) is 0 Å². The van der Waals surface area contributed by atoms with Crippen LogP contribution in [0.15, 0.2) is 0 Å². The Balaban J connectivity index is 4.61. The fourth-order valence-corrected chi connectivity index (χ4v) is 1.51. The molecule has 0 aromatic heterocycles. The van der Waals surface area contributed by atoms with Gasteiger partial charge in [-0.25, -0.2) is 0 Å². The van der Waals surface area contributed by atoms with Crippen molar-refractivity contribution in [3.8, 4) is 0 Å². The van der Waals surface area contributed by atoms with Gasteiger partial charge < -0.3 is 20.7 Å². The van der Waals surface area contributed by atoms with Crippen LogP contribution in [0, 0.1) is 5.92 Å². The molecule has 0 aromatic rings. The number of hydrogen-bond acceptors (Lipinski definition) is 5. The number of aliphatic hydroxyl groups is 2. The molecule has 0 rings (SSSR count). The number of primary amides is 1. The van der Waals surface area contributed by atoms with Crippen LogP contribution in [0.25, 0.3) is 0 Å². The van der Waals surface area contributed by atoms with Gasteiger partial charge in [0, 0.05) is 6.42 Å². The summed E-state index contributed by atoms with van der Waals surface area (Å²) in [6.07, 6.45) is -2.31. The van der Waals surface area contributed by atoms with E-state index >= 15 is 0 Å². The Hall–Kier alpha value is -0.980. The van der Waals surface area contributed by atoms with Crippen LogP contribution in [0.2, 0.25) is 0 Å². The fraction of sp³-hybridized carbons (Fsp3) is 0.800. The number of aliphatic hydroxyl groups excluding tert-OH is 2. The van der Waals surface area contributed by atoms with E-state index in [1.807, 2.05) is 0 Å². The van der Waals surface area contributed by atoms with Gasteiger partial charge in [0.25, 0.3) is 0 Å². The highest BCUT2D eigenvalue weighted by molar-refractivity contribution is 5.77. The van der Waals surface area contributed by atoms with E-state index in [1.165, 1.54) is 6.92 Å². The average molecular weight is 233 g/mol. The molecule has 4 N–H and O–H groups in total. The van der Waals surface area contributed by atoms with Crippen LogP contribution in [0.3, 0.4) is 0 Å². The van der Waals surface area contributed by atoms with Gasteiger partial charge in [0.15, 0.2) is 6.29 Å². The molecule has 0 radical (unpaired) electrons. The summed E-state index contributed by atoms with van der Waals surface area (Å²) in [4.78, 5) is 21.4. The molecule has 6 heteroatoms. The van der Waals surface area contributed by atoms with Gasteiger partial charge in [-0.3, -0.25) is 9.59 Å². The monoisotopic (exact) mass is 233 g/mol. The highest BCUT2D eigenvalue weighted by Crippen LogP contribution is 2.18. The number of amides is 1. The summed E-state index contributed by atoms with van der Waals surface area (Å²) in [6, 6.07) is 0. The molecule has 0 aliphatic heterocycles. The Labute approximate surface area is 94.4 Å². The molecule has 0 aliphatic carbocycles. The molecule has 94 valence electrons. The number of carbonyl (C=O) groups excluding carboxylic acids is 2. The fourth-order valence-electron chi connectivity index (χ4n) is 1.51. The van der Waals surface area contributed by atoms with Crippen LogP contribution in [-0.4, -0.2) is 40.9 Å². The summed E-state index contributed by atoms with van der Waals surface area (Å²) < 4.78 is 4.95. The highest BCUT2D eigenvalue weighted by Gasteiger charge is 2.28. The predicted octanol–water partition coefficient (Wildman–Crippen LogP) is -0.829. The summed E-state index contributed by atoms with van der Waals surface area (Å²) in [5, 5.41) is 18.3. The lowest BCUT2D eigenvalue weighted by Gasteiger charge is -2.26. The Morgan fingerprint density at radius 2 is 2.06 bits per heavy atom. The minimum absolute atomic E-state index is 0.131. The Morgan fingerprint density at radius 1 is 1.50 bits per heavy atom. The number of ether oxygens (including phenoxy) is 1. The normalized spacial score (nSPS) is 18.5. The number of nitrogens with two attached hydrogens (primary N) is 1. The van der Waals surface area contributed by atoms with E-state index < -0.39 is 30.3 Å². The molecule has 0 saturated carbocycles. The summed E-state index contributed by atoms with van der Waals surface area (Å²) in [5.74, 6) is -1.21. The second kappa shape index (κ2) is 7.32. The van der Waals surface area contributed by atoms with Crippen molar-refractivity contribution in [3.63, 3.8) is 0 Å². The molecule has 6 nitrogen and oxygen atoms in total. The van der Waals surface area contributed by atoms with E-state index in [9.17, 15) is 14.7 Å². The van der Waals surface area contributed by atoms with E-state index in [0.29, 0.717) is 6.42 Å². The van der Waals surface area contributed by atoms with E-state index in [-0.39, 0.29) is 12.7 Å². The van der Waals surface area contributed by atoms with Crippen LogP contribution in [0.4, 0.5) is 0 Å². The van der Waals surface area contributed by atoms with Crippen molar-refractivity contribution < 1.29 is 24.5 Å². The zero-order valence-corrected chi connectivity index (χ0v) is 9.50. The molecule has 0 spiro atoms. The largest absolute Gasteiger partial charge is 0.393 e. The van der Waals surface area contributed by atoms with Crippen molar-refractivity contribution >= 4 is 12.2 Å². The van der Waals surface area contributed by atoms with Gasteiger partial charge in [-0.1, -0.05) is 6.92 Å². The lowest BCUT2D eigenvalue weighted by Crippen LogP contribution is -2.39. The van der Waals surface area contributed by atoms with Gasteiger partial charge >= 0.3 is 0 Å². The molecule has 0 aliphatic rings. The van der Waals surface area contributed by atoms with Crippen molar-refractivity contribution in [2.75, 3.05) is 0 Å². The van der Waals surface area contributed by atoms with Crippen molar-refractivity contribution in [2.45, 2.75) is 45.2 Å². The standard InChI is InChI=1S/C10H19NO5/c1-3-7(10(11)15)8(4-6(2)13)16-9(14)5-12/h5-9,13-14H,3-4H2,1-2H3,(H2,11,15)/t6-,7?,8?,9-/m1/s1. The van der Waals surface area contributed by atoms with Gasteiger partial charge in [-0.15, -0.1) is 0 Å². The SMILES string of the molecule is CCC(C(N)=O)C(C[C@@H](C)O)O[C@@H](O)C=O. The van der Waals surface area contributed by atoms with E-state index in [0.717, 1.165) is 0 Å². The molecule has 1 amide bonds. The van der Waals surface area contributed by atoms with E-state index in [2.05, 4.69) is 0 Å².